The summed E-state index contributed by atoms with van der Waals surface area (Å²) in [6, 6.07) is 7.46. The molecule has 20 heavy (non-hydrogen) atoms. The van der Waals surface area contributed by atoms with Crippen molar-refractivity contribution in [2.45, 2.75) is 52.1 Å². The Hall–Kier alpha value is -0.570. The summed E-state index contributed by atoms with van der Waals surface area (Å²) in [5, 5.41) is 0. The maximum Gasteiger partial charge on any atom is 0.0234 e. The first-order valence-electron chi connectivity index (χ1n) is 7.63. The van der Waals surface area contributed by atoms with Gasteiger partial charge in [0.1, 0.15) is 0 Å². The highest BCUT2D eigenvalue weighted by atomic mass is 35.5. The Morgan fingerprint density at radius 3 is 2.75 bits per heavy atom. The minimum atomic E-state index is 0. The van der Waals surface area contributed by atoms with Crippen molar-refractivity contribution in [3.8, 4) is 0 Å². The normalized spacial score (nSPS) is 25.1. The van der Waals surface area contributed by atoms with E-state index in [9.17, 15) is 0 Å². The van der Waals surface area contributed by atoms with Crippen LogP contribution in [0.5, 0.6) is 0 Å². The van der Waals surface area contributed by atoms with Crippen LogP contribution in [0.2, 0.25) is 0 Å². The number of piperidine rings is 1. The molecule has 112 valence electrons. The average molecular weight is 295 g/mol. The van der Waals surface area contributed by atoms with Crippen LogP contribution < -0.4 is 5.73 Å². The van der Waals surface area contributed by atoms with Gasteiger partial charge < -0.3 is 5.73 Å². The molecule has 3 heteroatoms. The molecule has 1 atom stereocenters. The van der Waals surface area contributed by atoms with Crippen LogP contribution in [0, 0.1) is 5.41 Å². The molecule has 0 aromatic heterocycles. The van der Waals surface area contributed by atoms with Crippen molar-refractivity contribution in [3.05, 3.63) is 34.9 Å². The molecular formula is C17H27ClN2. The van der Waals surface area contributed by atoms with E-state index in [0.717, 1.165) is 26.1 Å². The van der Waals surface area contributed by atoms with Crippen LogP contribution >= 0.6 is 12.4 Å². The van der Waals surface area contributed by atoms with Gasteiger partial charge in [-0.15, -0.1) is 12.4 Å². The Labute approximate surface area is 129 Å². The lowest BCUT2D eigenvalue weighted by atomic mass is 9.79. The summed E-state index contributed by atoms with van der Waals surface area (Å²) in [6.45, 7) is 7.94. The van der Waals surface area contributed by atoms with Gasteiger partial charge in [-0.2, -0.15) is 0 Å². The zero-order valence-corrected chi connectivity index (χ0v) is 13.5. The standard InChI is InChI=1S/C17H26N2.ClH/c1-17(2)12-19(9-8-16(17)18)11-13-6-7-14-4-3-5-15(14)10-13;/h6-7,10,16H,3-5,8-9,11-12,18H2,1-2H3;1H. The molecule has 2 aliphatic rings. The van der Waals surface area contributed by atoms with Crippen LogP contribution in [0.25, 0.3) is 0 Å². The molecule has 0 saturated carbocycles. The monoisotopic (exact) mass is 294 g/mol. The smallest absolute Gasteiger partial charge is 0.0234 e. The van der Waals surface area contributed by atoms with Gasteiger partial charge in [0.2, 0.25) is 0 Å². The van der Waals surface area contributed by atoms with Crippen molar-refractivity contribution in [2.24, 2.45) is 11.1 Å². The number of aryl methyl sites for hydroxylation is 2. The predicted molar refractivity (Wildman–Crippen MR) is 87.4 cm³/mol. The van der Waals surface area contributed by atoms with Crippen molar-refractivity contribution in [1.29, 1.82) is 0 Å². The number of likely N-dealkylation sites (tertiary alicyclic amines) is 1. The summed E-state index contributed by atoms with van der Waals surface area (Å²) in [5.74, 6) is 0. The fraction of sp³-hybridized carbons (Fsp3) is 0.647. The van der Waals surface area contributed by atoms with Crippen molar-refractivity contribution < 1.29 is 0 Å². The molecule has 1 saturated heterocycles. The topological polar surface area (TPSA) is 29.3 Å². The van der Waals surface area contributed by atoms with Crippen molar-refractivity contribution in [2.75, 3.05) is 13.1 Å². The van der Waals surface area contributed by atoms with Crippen LogP contribution in [0.4, 0.5) is 0 Å². The minimum absolute atomic E-state index is 0. The van der Waals surface area contributed by atoms with Gasteiger partial charge >= 0.3 is 0 Å². The molecule has 2 nitrogen and oxygen atoms in total. The van der Waals surface area contributed by atoms with E-state index in [1.807, 2.05) is 0 Å². The van der Waals surface area contributed by atoms with E-state index in [4.69, 9.17) is 5.73 Å². The third kappa shape index (κ3) is 3.19. The molecule has 0 bridgehead atoms. The second-order valence-corrected chi connectivity index (χ2v) is 7.05. The highest BCUT2D eigenvalue weighted by Gasteiger charge is 2.33. The van der Waals surface area contributed by atoms with Crippen molar-refractivity contribution >= 4 is 12.4 Å². The molecule has 0 amide bonds. The molecule has 0 spiro atoms. The maximum atomic E-state index is 6.22. The maximum absolute atomic E-state index is 6.22. The van der Waals surface area contributed by atoms with E-state index in [-0.39, 0.29) is 17.8 Å². The van der Waals surface area contributed by atoms with E-state index in [1.165, 1.54) is 24.8 Å². The number of halogens is 1. The van der Waals surface area contributed by atoms with Gasteiger partial charge in [-0.05, 0) is 47.8 Å². The fourth-order valence-electron chi connectivity index (χ4n) is 3.60. The Morgan fingerprint density at radius 1 is 1.25 bits per heavy atom. The van der Waals surface area contributed by atoms with Gasteiger partial charge in [0, 0.05) is 25.7 Å². The SMILES string of the molecule is CC1(C)CN(Cc2ccc3c(c2)CCC3)CCC1N.Cl. The summed E-state index contributed by atoms with van der Waals surface area (Å²) in [4.78, 5) is 2.57. The molecular weight excluding hydrogens is 268 g/mol. The summed E-state index contributed by atoms with van der Waals surface area (Å²) >= 11 is 0. The van der Waals surface area contributed by atoms with Crippen LogP contribution in [0.1, 0.15) is 43.4 Å². The lowest BCUT2D eigenvalue weighted by Crippen LogP contribution is -2.52. The third-order valence-corrected chi connectivity index (χ3v) is 4.96. The van der Waals surface area contributed by atoms with Crippen molar-refractivity contribution in [1.82, 2.24) is 4.90 Å². The van der Waals surface area contributed by atoms with E-state index < -0.39 is 0 Å². The van der Waals surface area contributed by atoms with Gasteiger partial charge in [-0.25, -0.2) is 0 Å². The van der Waals surface area contributed by atoms with Crippen LogP contribution in [0.15, 0.2) is 18.2 Å². The van der Waals surface area contributed by atoms with Gasteiger partial charge in [-0.1, -0.05) is 32.0 Å². The zero-order chi connectivity index (χ0) is 13.5. The number of nitrogens with zero attached hydrogens (tertiary/aromatic N) is 1. The molecule has 2 N–H and O–H groups in total. The Balaban J connectivity index is 0.00000147. The number of nitrogens with two attached hydrogens (primary N) is 1. The van der Waals surface area contributed by atoms with Crippen LogP contribution in [-0.2, 0) is 19.4 Å². The van der Waals surface area contributed by atoms with Gasteiger partial charge in [-0.3, -0.25) is 4.90 Å². The predicted octanol–water partition coefficient (Wildman–Crippen LogP) is 3.16. The number of fused-ring (bicyclic) bond motifs is 1. The lowest BCUT2D eigenvalue weighted by Gasteiger charge is -2.42. The van der Waals surface area contributed by atoms with E-state index >= 15 is 0 Å². The molecule has 1 heterocycles. The number of benzene rings is 1. The first kappa shape index (κ1) is 15.8. The zero-order valence-electron chi connectivity index (χ0n) is 12.7. The van der Waals surface area contributed by atoms with Gasteiger partial charge in [0.15, 0.2) is 0 Å². The van der Waals surface area contributed by atoms with Crippen LogP contribution in [-0.4, -0.2) is 24.0 Å². The average Bonchev–Trinajstić information content (AvgIpc) is 2.81. The summed E-state index contributed by atoms with van der Waals surface area (Å²) < 4.78 is 0. The minimum Gasteiger partial charge on any atom is -0.327 e. The molecule has 1 aromatic rings. The summed E-state index contributed by atoms with van der Waals surface area (Å²) in [7, 11) is 0. The second kappa shape index (κ2) is 6.05. The molecule has 0 radical (unpaired) electrons. The lowest BCUT2D eigenvalue weighted by molar-refractivity contribution is 0.0899. The number of rotatable bonds is 2. The highest BCUT2D eigenvalue weighted by Crippen LogP contribution is 2.29. The molecule has 1 fully saturated rings. The molecule has 1 aromatic carbocycles. The van der Waals surface area contributed by atoms with Crippen molar-refractivity contribution in [3.63, 3.8) is 0 Å². The number of hydrogen-bond acceptors (Lipinski definition) is 2. The van der Waals surface area contributed by atoms with E-state index in [1.54, 1.807) is 11.1 Å². The Morgan fingerprint density at radius 2 is 2.00 bits per heavy atom. The molecule has 1 aliphatic heterocycles. The van der Waals surface area contributed by atoms with Crippen LogP contribution in [0.3, 0.4) is 0 Å². The summed E-state index contributed by atoms with van der Waals surface area (Å²) in [5.41, 5.74) is 11.1. The van der Waals surface area contributed by atoms with Gasteiger partial charge in [0.05, 0.1) is 0 Å². The Bertz CT molecular complexity index is 470. The molecule has 1 unspecified atom stereocenters. The second-order valence-electron chi connectivity index (χ2n) is 7.05. The largest absolute Gasteiger partial charge is 0.327 e. The molecule has 1 aliphatic carbocycles. The first-order chi connectivity index (χ1) is 9.04. The Kier molecular flexibility index (Phi) is 4.78. The third-order valence-electron chi connectivity index (χ3n) is 4.96. The van der Waals surface area contributed by atoms with E-state index in [0.29, 0.717) is 6.04 Å². The van der Waals surface area contributed by atoms with E-state index in [2.05, 4.69) is 36.9 Å². The quantitative estimate of drug-likeness (QED) is 0.908. The first-order valence-corrected chi connectivity index (χ1v) is 7.63. The molecule has 3 rings (SSSR count). The van der Waals surface area contributed by atoms with Gasteiger partial charge in [0.25, 0.3) is 0 Å². The fourth-order valence-corrected chi connectivity index (χ4v) is 3.60. The highest BCUT2D eigenvalue weighted by molar-refractivity contribution is 5.85. The number of hydrogen-bond donors (Lipinski definition) is 1. The summed E-state index contributed by atoms with van der Waals surface area (Å²) in [6.07, 6.45) is 5.02.